The normalized spacial score (nSPS) is 11.2. The van der Waals surface area contributed by atoms with E-state index in [1.54, 1.807) is 0 Å². The largest absolute Gasteiger partial charge is 0.494 e. The zero-order valence-corrected chi connectivity index (χ0v) is 18.6. The summed E-state index contributed by atoms with van der Waals surface area (Å²) in [5, 5.41) is 26.2. The fourth-order valence-corrected chi connectivity index (χ4v) is 3.09. The fourth-order valence-electron chi connectivity index (χ4n) is 3.09. The van der Waals surface area contributed by atoms with Crippen LogP contribution in [0, 0.1) is 6.92 Å². The molecule has 0 unspecified atom stereocenters. The number of aryl methyl sites for hydroxylation is 1. The van der Waals surface area contributed by atoms with Gasteiger partial charge in [-0.15, -0.1) is 0 Å². The van der Waals surface area contributed by atoms with Crippen molar-refractivity contribution in [1.82, 2.24) is 0 Å². The average Bonchev–Trinajstić information content (AvgIpc) is 2.79. The van der Waals surface area contributed by atoms with E-state index in [4.69, 9.17) is 19.7 Å². The van der Waals surface area contributed by atoms with Crippen molar-refractivity contribution < 1.29 is 19.7 Å². The van der Waals surface area contributed by atoms with Gasteiger partial charge in [-0.25, -0.2) is 0 Å². The molecular weight excluding hydrogens is 392 g/mol. The number of rotatable bonds is 16. The molecule has 6 nitrogen and oxygen atoms in total. The third-order valence-electron chi connectivity index (χ3n) is 4.91. The van der Waals surface area contributed by atoms with Gasteiger partial charge in [-0.3, -0.25) is 0 Å². The van der Waals surface area contributed by atoms with E-state index in [0.29, 0.717) is 13.2 Å². The van der Waals surface area contributed by atoms with Gasteiger partial charge in [-0.05, 0) is 93.5 Å². The fraction of sp³-hybridized carbons (Fsp3) is 0.520. The van der Waals surface area contributed by atoms with E-state index in [9.17, 15) is 0 Å². The van der Waals surface area contributed by atoms with Crippen molar-refractivity contribution in [2.45, 2.75) is 58.3 Å². The molecule has 31 heavy (non-hydrogen) atoms. The zero-order chi connectivity index (χ0) is 22.2. The number of hydrogen-bond donors (Lipinski definition) is 2. The molecule has 170 valence electrons. The Labute approximate surface area is 185 Å². The second-order valence-corrected chi connectivity index (χ2v) is 7.62. The number of nitrogens with zero attached hydrogens (tertiary/aromatic N) is 2. The Kier molecular flexibility index (Phi) is 12.3. The molecular formula is C25H36N2O4. The maximum absolute atomic E-state index is 8.79. The summed E-state index contributed by atoms with van der Waals surface area (Å²) < 4.78 is 11.6. The quantitative estimate of drug-likeness (QED) is 0.244. The molecule has 0 saturated heterocycles. The van der Waals surface area contributed by atoms with Crippen LogP contribution in [0.25, 0.3) is 0 Å². The van der Waals surface area contributed by atoms with E-state index >= 15 is 0 Å². The summed E-state index contributed by atoms with van der Waals surface area (Å²) in [6.45, 7) is 3.91. The van der Waals surface area contributed by atoms with Gasteiger partial charge in [0.25, 0.3) is 0 Å². The van der Waals surface area contributed by atoms with Gasteiger partial charge < -0.3 is 19.7 Å². The Hall–Kier alpha value is -2.44. The van der Waals surface area contributed by atoms with Crippen LogP contribution in [0.5, 0.6) is 11.5 Å². The molecule has 2 rings (SSSR count). The minimum Gasteiger partial charge on any atom is -0.494 e. The van der Waals surface area contributed by atoms with Crippen molar-refractivity contribution in [3.05, 3.63) is 48.0 Å². The molecule has 0 atom stereocenters. The van der Waals surface area contributed by atoms with Crippen LogP contribution in [-0.4, -0.2) is 36.6 Å². The first-order valence-corrected chi connectivity index (χ1v) is 11.3. The van der Waals surface area contributed by atoms with Crippen molar-refractivity contribution >= 4 is 11.4 Å². The van der Waals surface area contributed by atoms with E-state index in [1.165, 1.54) is 0 Å². The molecule has 0 aliphatic carbocycles. The smallest absolute Gasteiger partial charge is 0.122 e. The topological polar surface area (TPSA) is 83.6 Å². The van der Waals surface area contributed by atoms with Gasteiger partial charge in [0.05, 0.1) is 24.6 Å². The molecule has 2 aromatic rings. The first-order chi connectivity index (χ1) is 15.2. The summed E-state index contributed by atoms with van der Waals surface area (Å²) in [4.78, 5) is 0. The molecule has 0 amide bonds. The van der Waals surface area contributed by atoms with Gasteiger partial charge in [-0.1, -0.05) is 12.8 Å². The second kappa shape index (κ2) is 15.4. The van der Waals surface area contributed by atoms with E-state index in [1.807, 2.05) is 49.4 Å². The number of azo groups is 1. The average molecular weight is 429 g/mol. The Morgan fingerprint density at radius 1 is 0.645 bits per heavy atom. The number of unbranched alkanes of at least 4 members (excludes halogenated alkanes) is 6. The van der Waals surface area contributed by atoms with Crippen LogP contribution in [0.4, 0.5) is 11.4 Å². The monoisotopic (exact) mass is 428 g/mol. The highest BCUT2D eigenvalue weighted by Crippen LogP contribution is 2.26. The van der Waals surface area contributed by atoms with Crippen LogP contribution in [0.3, 0.4) is 0 Å². The van der Waals surface area contributed by atoms with Crippen LogP contribution in [0.1, 0.15) is 56.9 Å². The summed E-state index contributed by atoms with van der Waals surface area (Å²) >= 11 is 0. The molecule has 0 heterocycles. The summed E-state index contributed by atoms with van der Waals surface area (Å²) in [5.74, 6) is 1.70. The SMILES string of the molecule is Cc1cc(N=Nc2ccc(OCCCCCCO)cc2)ccc1OCCCCCCO. The zero-order valence-electron chi connectivity index (χ0n) is 18.6. The van der Waals surface area contributed by atoms with E-state index in [0.717, 1.165) is 79.8 Å². The molecule has 0 fully saturated rings. The lowest BCUT2D eigenvalue weighted by Crippen LogP contribution is -1.99. The van der Waals surface area contributed by atoms with E-state index < -0.39 is 0 Å². The van der Waals surface area contributed by atoms with Gasteiger partial charge >= 0.3 is 0 Å². The standard InChI is InChI=1S/C25H36N2O4/c1-21-20-23(12-15-25(21)31-19-9-5-3-7-17-29)27-26-22-10-13-24(14-11-22)30-18-8-4-2-6-16-28/h10-15,20,28-29H,2-9,16-19H2,1H3. The van der Waals surface area contributed by atoms with Crippen LogP contribution < -0.4 is 9.47 Å². The highest BCUT2D eigenvalue weighted by molar-refractivity contribution is 5.47. The third kappa shape index (κ3) is 10.4. The Bertz CT molecular complexity index is 763. The lowest BCUT2D eigenvalue weighted by molar-refractivity contribution is 0.273. The third-order valence-corrected chi connectivity index (χ3v) is 4.91. The summed E-state index contributed by atoms with van der Waals surface area (Å²) in [6, 6.07) is 13.4. The van der Waals surface area contributed by atoms with E-state index in [2.05, 4.69) is 10.2 Å². The molecule has 0 spiro atoms. The summed E-state index contributed by atoms with van der Waals surface area (Å²) in [7, 11) is 0. The maximum Gasteiger partial charge on any atom is 0.122 e. The Balaban J connectivity index is 1.75. The number of benzene rings is 2. The number of aliphatic hydroxyl groups excluding tert-OH is 2. The van der Waals surface area contributed by atoms with Gasteiger partial charge in [-0.2, -0.15) is 10.2 Å². The lowest BCUT2D eigenvalue weighted by atomic mass is 10.2. The molecule has 0 bridgehead atoms. The molecule has 0 saturated carbocycles. The van der Waals surface area contributed by atoms with Crippen LogP contribution in [0.15, 0.2) is 52.7 Å². The van der Waals surface area contributed by atoms with Crippen molar-refractivity contribution in [2.75, 3.05) is 26.4 Å². The molecule has 6 heteroatoms. The first kappa shape index (κ1) is 24.8. The molecule has 2 aromatic carbocycles. The lowest BCUT2D eigenvalue weighted by Gasteiger charge is -2.09. The molecule has 2 N–H and O–H groups in total. The predicted octanol–water partition coefficient (Wildman–Crippen LogP) is 6.27. The van der Waals surface area contributed by atoms with Crippen LogP contribution in [0.2, 0.25) is 0 Å². The van der Waals surface area contributed by atoms with Crippen molar-refractivity contribution in [2.24, 2.45) is 10.2 Å². The van der Waals surface area contributed by atoms with E-state index in [-0.39, 0.29) is 13.2 Å². The minimum atomic E-state index is 0.265. The van der Waals surface area contributed by atoms with Crippen molar-refractivity contribution in [1.29, 1.82) is 0 Å². The molecule has 0 radical (unpaired) electrons. The van der Waals surface area contributed by atoms with Gasteiger partial charge in [0, 0.05) is 13.2 Å². The number of hydrogen-bond acceptors (Lipinski definition) is 6. The van der Waals surface area contributed by atoms with Crippen molar-refractivity contribution in [3.63, 3.8) is 0 Å². The van der Waals surface area contributed by atoms with Crippen LogP contribution in [-0.2, 0) is 0 Å². The minimum absolute atomic E-state index is 0.265. The summed E-state index contributed by atoms with van der Waals surface area (Å²) in [5.41, 5.74) is 2.60. The molecule has 0 aliphatic rings. The predicted molar refractivity (Wildman–Crippen MR) is 124 cm³/mol. The Morgan fingerprint density at radius 3 is 1.81 bits per heavy atom. The van der Waals surface area contributed by atoms with Gasteiger partial charge in [0.1, 0.15) is 11.5 Å². The number of ether oxygens (including phenoxy) is 2. The van der Waals surface area contributed by atoms with Crippen molar-refractivity contribution in [3.8, 4) is 11.5 Å². The highest BCUT2D eigenvalue weighted by Gasteiger charge is 2.02. The second-order valence-electron chi connectivity index (χ2n) is 7.62. The maximum atomic E-state index is 8.79. The first-order valence-electron chi connectivity index (χ1n) is 11.3. The van der Waals surface area contributed by atoms with Gasteiger partial charge in [0.15, 0.2) is 0 Å². The molecule has 0 aromatic heterocycles. The summed E-state index contributed by atoms with van der Waals surface area (Å²) in [6.07, 6.45) is 7.92. The number of aliphatic hydroxyl groups is 2. The highest BCUT2D eigenvalue weighted by atomic mass is 16.5. The molecule has 0 aliphatic heterocycles. The Morgan fingerprint density at radius 2 is 1.19 bits per heavy atom. The van der Waals surface area contributed by atoms with Crippen LogP contribution >= 0.6 is 0 Å². The van der Waals surface area contributed by atoms with Gasteiger partial charge in [0.2, 0.25) is 0 Å².